The molecule has 1 N–H and O–H groups in total. The highest BCUT2D eigenvalue weighted by molar-refractivity contribution is 7.17. The fourth-order valence-corrected chi connectivity index (χ4v) is 4.57. The summed E-state index contributed by atoms with van der Waals surface area (Å²) in [6.45, 7) is 6.26. The van der Waals surface area contributed by atoms with Crippen molar-refractivity contribution in [2.24, 2.45) is 0 Å². The van der Waals surface area contributed by atoms with Crippen molar-refractivity contribution < 1.29 is 14.3 Å². The lowest BCUT2D eigenvalue weighted by Gasteiger charge is -2.22. The molecule has 1 aromatic heterocycles. The number of hydrogen-bond donors (Lipinski definition) is 1. The Balaban J connectivity index is 1.42. The molecular weight excluding hydrogens is 348 g/mol. The van der Waals surface area contributed by atoms with Crippen LogP contribution in [0.5, 0.6) is 11.5 Å². The summed E-state index contributed by atoms with van der Waals surface area (Å²) in [6, 6.07) is 10.3. The molecule has 2 aliphatic heterocycles. The predicted molar refractivity (Wildman–Crippen MR) is 103 cm³/mol. The molecule has 2 aromatic rings. The number of carbonyl (C=O) groups is 1. The first kappa shape index (κ1) is 17.4. The van der Waals surface area contributed by atoms with Gasteiger partial charge in [0.15, 0.2) is 11.5 Å². The molecule has 3 heterocycles. The average molecular weight is 372 g/mol. The zero-order valence-corrected chi connectivity index (χ0v) is 15.8. The molecule has 0 saturated carbocycles. The molecule has 0 bridgehead atoms. The molecule has 0 radical (unpaired) electrons. The van der Waals surface area contributed by atoms with Crippen LogP contribution in [0.4, 0.5) is 0 Å². The number of nitrogens with one attached hydrogen (secondary N) is 1. The summed E-state index contributed by atoms with van der Waals surface area (Å²) < 4.78 is 11.2. The van der Waals surface area contributed by atoms with E-state index < -0.39 is 0 Å². The molecular formula is C20H24N2O3S. The van der Waals surface area contributed by atoms with Gasteiger partial charge < -0.3 is 14.8 Å². The van der Waals surface area contributed by atoms with Crippen LogP contribution in [0, 0.1) is 0 Å². The Kier molecular flexibility index (Phi) is 5.13. The molecule has 0 spiro atoms. The van der Waals surface area contributed by atoms with Gasteiger partial charge in [-0.2, -0.15) is 0 Å². The first-order valence-corrected chi connectivity index (χ1v) is 10.1. The van der Waals surface area contributed by atoms with Gasteiger partial charge in [0.25, 0.3) is 5.91 Å². The summed E-state index contributed by atoms with van der Waals surface area (Å²) in [4.78, 5) is 16.8. The van der Waals surface area contributed by atoms with Gasteiger partial charge in [-0.3, -0.25) is 9.69 Å². The average Bonchev–Trinajstić information content (AvgIpc) is 3.35. The normalized spacial score (nSPS) is 19.5. The second-order valence-electron chi connectivity index (χ2n) is 6.66. The van der Waals surface area contributed by atoms with Crippen LogP contribution in [0.2, 0.25) is 0 Å². The molecule has 138 valence electrons. The van der Waals surface area contributed by atoms with E-state index in [2.05, 4.69) is 17.1 Å². The first-order valence-electron chi connectivity index (χ1n) is 9.26. The lowest BCUT2D eigenvalue weighted by molar-refractivity contribution is 0.0945. The number of nitrogens with zero attached hydrogens (tertiary/aromatic N) is 1. The van der Waals surface area contributed by atoms with Crippen molar-refractivity contribution in [3.05, 3.63) is 35.2 Å². The van der Waals surface area contributed by atoms with Gasteiger partial charge in [-0.15, -0.1) is 11.3 Å². The van der Waals surface area contributed by atoms with Crippen molar-refractivity contribution in [3.63, 3.8) is 0 Å². The van der Waals surface area contributed by atoms with Gasteiger partial charge in [0.1, 0.15) is 13.2 Å². The van der Waals surface area contributed by atoms with Crippen LogP contribution >= 0.6 is 11.3 Å². The molecule has 5 nitrogen and oxygen atoms in total. The number of hydrogen-bond acceptors (Lipinski definition) is 5. The fraction of sp³-hybridized carbons (Fsp3) is 0.450. The lowest BCUT2D eigenvalue weighted by Crippen LogP contribution is -2.39. The molecule has 0 aliphatic carbocycles. The van der Waals surface area contributed by atoms with Gasteiger partial charge >= 0.3 is 0 Å². The van der Waals surface area contributed by atoms with Crippen LogP contribution in [0.1, 0.15) is 29.4 Å². The monoisotopic (exact) mass is 372 g/mol. The Morgan fingerprint density at radius 2 is 2.08 bits per heavy atom. The van der Waals surface area contributed by atoms with E-state index in [0.29, 0.717) is 19.3 Å². The number of amides is 1. The van der Waals surface area contributed by atoms with Crippen molar-refractivity contribution in [1.29, 1.82) is 0 Å². The summed E-state index contributed by atoms with van der Waals surface area (Å²) in [7, 11) is 0. The Hall–Kier alpha value is -2.05. The minimum Gasteiger partial charge on any atom is -0.486 e. The van der Waals surface area contributed by atoms with Crippen LogP contribution in [-0.2, 0) is 0 Å². The molecule has 1 saturated heterocycles. The van der Waals surface area contributed by atoms with Crippen molar-refractivity contribution in [3.8, 4) is 21.9 Å². The SMILES string of the molecule is CCN1CCCC1CNC(=O)c1ccc(-c2ccc3c(c2)OCCO3)s1. The summed E-state index contributed by atoms with van der Waals surface area (Å²) in [5.74, 6) is 1.57. The van der Waals surface area contributed by atoms with Crippen LogP contribution < -0.4 is 14.8 Å². The zero-order valence-electron chi connectivity index (χ0n) is 15.0. The fourth-order valence-electron chi connectivity index (χ4n) is 3.65. The molecule has 2 aliphatic rings. The maximum Gasteiger partial charge on any atom is 0.261 e. The van der Waals surface area contributed by atoms with Crippen molar-refractivity contribution in [1.82, 2.24) is 10.2 Å². The number of carbonyl (C=O) groups excluding carboxylic acids is 1. The van der Waals surface area contributed by atoms with Gasteiger partial charge in [-0.1, -0.05) is 6.92 Å². The standard InChI is InChI=1S/C20H24N2O3S/c1-2-22-9-3-4-15(22)13-21-20(23)19-8-7-18(26-19)14-5-6-16-17(12-14)25-11-10-24-16/h5-8,12,15H,2-4,9-11,13H2,1H3,(H,21,23). The highest BCUT2D eigenvalue weighted by Crippen LogP contribution is 2.36. The Morgan fingerprint density at radius 1 is 1.23 bits per heavy atom. The number of benzene rings is 1. The topological polar surface area (TPSA) is 50.8 Å². The lowest BCUT2D eigenvalue weighted by atomic mass is 10.1. The molecule has 1 unspecified atom stereocenters. The summed E-state index contributed by atoms with van der Waals surface area (Å²) >= 11 is 1.51. The van der Waals surface area contributed by atoms with Crippen molar-refractivity contribution in [2.75, 3.05) is 32.8 Å². The molecule has 1 aromatic carbocycles. The van der Waals surface area contributed by atoms with E-state index in [4.69, 9.17) is 9.47 Å². The summed E-state index contributed by atoms with van der Waals surface area (Å²) in [6.07, 6.45) is 2.39. The van der Waals surface area contributed by atoms with E-state index in [0.717, 1.165) is 46.5 Å². The zero-order chi connectivity index (χ0) is 17.9. The van der Waals surface area contributed by atoms with Crippen LogP contribution in [0.3, 0.4) is 0 Å². The first-order chi connectivity index (χ1) is 12.7. The van der Waals surface area contributed by atoms with Gasteiger partial charge in [0.05, 0.1) is 4.88 Å². The number of likely N-dealkylation sites (N-methyl/N-ethyl adjacent to an activating group) is 1. The quantitative estimate of drug-likeness (QED) is 0.874. The smallest absolute Gasteiger partial charge is 0.261 e. The number of ether oxygens (including phenoxy) is 2. The van der Waals surface area contributed by atoms with E-state index >= 15 is 0 Å². The molecule has 1 fully saturated rings. The largest absolute Gasteiger partial charge is 0.486 e. The number of thiophene rings is 1. The third kappa shape index (κ3) is 3.57. The minimum absolute atomic E-state index is 0.0155. The van der Waals surface area contributed by atoms with Gasteiger partial charge in [-0.05, 0) is 61.8 Å². The molecule has 26 heavy (non-hydrogen) atoms. The molecule has 1 amide bonds. The van der Waals surface area contributed by atoms with E-state index in [9.17, 15) is 4.79 Å². The van der Waals surface area contributed by atoms with Crippen LogP contribution in [-0.4, -0.2) is 49.7 Å². The number of fused-ring (bicyclic) bond motifs is 1. The highest BCUT2D eigenvalue weighted by atomic mass is 32.1. The highest BCUT2D eigenvalue weighted by Gasteiger charge is 2.23. The molecule has 6 heteroatoms. The number of likely N-dealkylation sites (tertiary alicyclic amines) is 1. The maximum absolute atomic E-state index is 12.5. The van der Waals surface area contributed by atoms with Gasteiger partial charge in [0, 0.05) is 17.5 Å². The predicted octanol–water partition coefficient (Wildman–Crippen LogP) is 3.40. The third-order valence-electron chi connectivity index (χ3n) is 5.06. The van der Waals surface area contributed by atoms with E-state index in [-0.39, 0.29) is 5.91 Å². The minimum atomic E-state index is 0.0155. The van der Waals surface area contributed by atoms with E-state index in [1.165, 1.54) is 24.2 Å². The summed E-state index contributed by atoms with van der Waals surface area (Å²) in [5, 5.41) is 3.11. The van der Waals surface area contributed by atoms with Crippen LogP contribution in [0.15, 0.2) is 30.3 Å². The third-order valence-corrected chi connectivity index (χ3v) is 6.19. The van der Waals surface area contributed by atoms with Gasteiger partial charge in [-0.25, -0.2) is 0 Å². The number of rotatable bonds is 5. The van der Waals surface area contributed by atoms with Gasteiger partial charge in [0.2, 0.25) is 0 Å². The van der Waals surface area contributed by atoms with E-state index in [1.54, 1.807) is 0 Å². The molecule has 1 atom stereocenters. The second-order valence-corrected chi connectivity index (χ2v) is 7.74. The maximum atomic E-state index is 12.5. The molecule has 4 rings (SSSR count). The van der Waals surface area contributed by atoms with Crippen molar-refractivity contribution in [2.45, 2.75) is 25.8 Å². The Labute approximate surface area is 157 Å². The summed E-state index contributed by atoms with van der Waals surface area (Å²) in [5.41, 5.74) is 1.05. The van der Waals surface area contributed by atoms with Crippen LogP contribution in [0.25, 0.3) is 10.4 Å². The Bertz CT molecular complexity index is 789. The van der Waals surface area contributed by atoms with Crippen molar-refractivity contribution >= 4 is 17.2 Å². The Morgan fingerprint density at radius 3 is 2.92 bits per heavy atom. The van der Waals surface area contributed by atoms with E-state index in [1.807, 2.05) is 30.3 Å². The second kappa shape index (κ2) is 7.68.